The number of hydrogen-bond acceptors (Lipinski definition) is 1. The predicted octanol–water partition coefficient (Wildman–Crippen LogP) is 0.726. The molecule has 0 aliphatic carbocycles. The standard InChI is InChI=1S/C4O.4ClH.4Hg/c1-2-4-5-3-1;;;;;;;;/h;4*1H;;;;/q;;;;;4*+1/p-4. The van der Waals surface area contributed by atoms with Gasteiger partial charge in [0, 0.05) is 0 Å². The van der Waals surface area contributed by atoms with Gasteiger partial charge in [-0.05, 0) is 0 Å². The molecule has 1 aromatic rings. The van der Waals surface area contributed by atoms with Crippen LogP contribution in [0.2, 0.25) is 0 Å². The zero-order chi connectivity index (χ0) is 9.84. The molecule has 1 nitrogen and oxygen atoms in total. The average molecular weight is 1010 g/mol. The van der Waals surface area contributed by atoms with Crippen molar-refractivity contribution in [1.82, 2.24) is 0 Å². The summed E-state index contributed by atoms with van der Waals surface area (Å²) in [5.41, 5.74) is 0. The number of hydrogen-bond donors (Lipinski definition) is 0. The fourth-order valence-corrected chi connectivity index (χ4v) is 88.2. The molecule has 0 aromatic carbocycles. The molecule has 13 heavy (non-hydrogen) atoms. The number of furan rings is 1. The molecule has 0 aliphatic heterocycles. The molecule has 1 rings (SSSR count). The molecule has 0 saturated carbocycles. The fourth-order valence-electron chi connectivity index (χ4n) is 1.13. The molecule has 0 radical (unpaired) electrons. The first-order chi connectivity index (χ1) is 6.28. The summed E-state index contributed by atoms with van der Waals surface area (Å²) in [6, 6.07) is 0. The van der Waals surface area contributed by atoms with Gasteiger partial charge in [0.15, 0.2) is 0 Å². The molecule has 0 atom stereocenters. The van der Waals surface area contributed by atoms with Crippen LogP contribution in [0.3, 0.4) is 0 Å². The second-order valence-electron chi connectivity index (χ2n) is 2.44. The Hall–Kier alpha value is 4.18. The molecule has 0 aliphatic rings. The summed E-state index contributed by atoms with van der Waals surface area (Å²) in [6.45, 7) is 0. The zero-order valence-electron chi connectivity index (χ0n) is 6.75. The van der Waals surface area contributed by atoms with Crippen molar-refractivity contribution < 1.29 is 97.8 Å². The summed E-state index contributed by atoms with van der Waals surface area (Å²) in [6.07, 6.45) is 0. The van der Waals surface area contributed by atoms with E-state index in [4.69, 9.17) is 37.4 Å². The second-order valence-corrected chi connectivity index (χ2v) is 26.5. The molecule has 0 amide bonds. The molecule has 0 spiro atoms. The van der Waals surface area contributed by atoms with Crippen LogP contribution >= 0.6 is 33.0 Å². The Bertz CT molecular complexity index is 263. The molecule has 0 unspecified atom stereocenters. The summed E-state index contributed by atoms with van der Waals surface area (Å²) in [5, 5.41) is 0. The van der Waals surface area contributed by atoms with Crippen molar-refractivity contribution in [3.05, 3.63) is 0 Å². The minimum absolute atomic E-state index is 1.10. The van der Waals surface area contributed by atoms with Gasteiger partial charge in [0.2, 0.25) is 0 Å². The van der Waals surface area contributed by atoms with Gasteiger partial charge in [0.05, 0.1) is 0 Å². The van der Waals surface area contributed by atoms with Gasteiger partial charge in [-0.25, -0.2) is 0 Å². The van der Waals surface area contributed by atoms with Gasteiger partial charge >= 0.3 is 143 Å². The van der Waals surface area contributed by atoms with Crippen LogP contribution in [-0.2, 0) is 93.4 Å². The van der Waals surface area contributed by atoms with Crippen LogP contribution < -0.4 is 12.7 Å². The first-order valence-corrected chi connectivity index (χ1v) is 41.7. The summed E-state index contributed by atoms with van der Waals surface area (Å²) in [4.78, 5) is 0. The number of halogens is 4. The van der Waals surface area contributed by atoms with Gasteiger partial charge in [0.1, 0.15) is 0 Å². The van der Waals surface area contributed by atoms with E-state index >= 15 is 0 Å². The van der Waals surface area contributed by atoms with Crippen LogP contribution in [0.25, 0.3) is 0 Å². The Morgan fingerprint density at radius 3 is 1.31 bits per heavy atom. The van der Waals surface area contributed by atoms with Crippen LogP contribution in [-0.4, -0.2) is 0 Å². The SMILES string of the molecule is [Cl][Hg][c]1o[c]([Hg][Cl])[c]([Hg][Cl])[c]1[Hg][Cl]. The molecule has 58 valence electrons. The summed E-state index contributed by atoms with van der Waals surface area (Å²) >= 11 is -5.64. The zero-order valence-corrected chi connectivity index (χ0v) is 31.8. The van der Waals surface area contributed by atoms with E-state index in [0.717, 1.165) is 6.54 Å². The van der Waals surface area contributed by atoms with Crippen molar-refractivity contribution in [2.24, 2.45) is 0 Å². The molecule has 1 heterocycles. The third-order valence-electron chi connectivity index (χ3n) is 1.79. The van der Waals surface area contributed by atoms with E-state index in [2.05, 4.69) is 0 Å². The van der Waals surface area contributed by atoms with E-state index in [0.29, 0.717) is 0 Å². The second kappa shape index (κ2) is 8.31. The van der Waals surface area contributed by atoms with Crippen molar-refractivity contribution in [2.45, 2.75) is 0 Å². The molecule has 9 heteroatoms. The summed E-state index contributed by atoms with van der Waals surface area (Å²) < 4.78 is 10.6. The molecular formula is C4Cl4Hg4O. The quantitative estimate of drug-likeness (QED) is 0.407. The van der Waals surface area contributed by atoms with Gasteiger partial charge in [-0.2, -0.15) is 0 Å². The van der Waals surface area contributed by atoms with E-state index in [-0.39, 0.29) is 0 Å². The van der Waals surface area contributed by atoms with Crippen molar-refractivity contribution in [2.75, 3.05) is 0 Å². The Kier molecular flexibility index (Phi) is 9.74. The van der Waals surface area contributed by atoms with Crippen molar-refractivity contribution in [3.63, 3.8) is 0 Å². The summed E-state index contributed by atoms with van der Waals surface area (Å²) in [5.74, 6) is 0. The molecule has 0 bridgehead atoms. The molecular weight excluding hydrogens is 1010 g/mol. The van der Waals surface area contributed by atoms with E-state index in [1.165, 1.54) is 6.14 Å². The Morgan fingerprint density at radius 1 is 0.692 bits per heavy atom. The maximum atomic E-state index is 6.06. The van der Waals surface area contributed by atoms with Crippen LogP contribution in [0.4, 0.5) is 0 Å². The number of rotatable bonds is 4. The van der Waals surface area contributed by atoms with E-state index in [9.17, 15) is 0 Å². The average Bonchev–Trinajstić information content (AvgIpc) is 2.54. The monoisotopic (exact) mass is 1010 g/mol. The van der Waals surface area contributed by atoms with E-state index < -0.39 is 93.4 Å². The first-order valence-electron chi connectivity index (χ1n) is 3.64. The minimum atomic E-state index is -1.43. The predicted molar refractivity (Wildman–Crippen MR) is 40.7 cm³/mol. The van der Waals surface area contributed by atoms with Gasteiger partial charge in [-0.15, -0.1) is 0 Å². The van der Waals surface area contributed by atoms with Crippen LogP contribution in [0, 0.1) is 0 Å². The molecule has 0 saturated heterocycles. The van der Waals surface area contributed by atoms with Gasteiger partial charge in [0.25, 0.3) is 0 Å². The topological polar surface area (TPSA) is 13.1 Å². The van der Waals surface area contributed by atoms with Gasteiger partial charge in [-0.3, -0.25) is 0 Å². The van der Waals surface area contributed by atoms with E-state index in [1.807, 2.05) is 0 Å². The maximum absolute atomic E-state index is 6.06. The fraction of sp³-hybridized carbons (Fsp3) is 0. The van der Waals surface area contributed by atoms with Crippen LogP contribution in [0.15, 0.2) is 4.42 Å². The summed E-state index contributed by atoms with van der Waals surface area (Å²) in [7, 11) is 24.1. The van der Waals surface area contributed by atoms with Crippen molar-refractivity contribution in [3.8, 4) is 0 Å². The Labute approximate surface area is 139 Å². The van der Waals surface area contributed by atoms with Crippen molar-refractivity contribution in [1.29, 1.82) is 0 Å². The van der Waals surface area contributed by atoms with Gasteiger partial charge in [-0.1, -0.05) is 0 Å². The molecule has 0 N–H and O–H groups in total. The third-order valence-corrected chi connectivity index (χ3v) is 48.2. The van der Waals surface area contributed by atoms with Crippen LogP contribution in [0.1, 0.15) is 0 Å². The van der Waals surface area contributed by atoms with Crippen molar-refractivity contribution >= 4 is 45.7 Å². The third kappa shape index (κ3) is 4.10. The normalized spacial score (nSPS) is 8.31. The molecule has 1 aromatic heterocycles. The van der Waals surface area contributed by atoms with E-state index in [1.54, 1.807) is 0 Å². The first kappa shape index (κ1) is 15.2. The van der Waals surface area contributed by atoms with Gasteiger partial charge < -0.3 is 0 Å². The Balaban J connectivity index is 3.17. The van der Waals surface area contributed by atoms with Crippen LogP contribution in [0.5, 0.6) is 0 Å². The molecule has 0 fully saturated rings. The Morgan fingerprint density at radius 2 is 1.08 bits per heavy atom.